The van der Waals surface area contributed by atoms with Crippen LogP contribution in [0.5, 0.6) is 11.5 Å². The average Bonchev–Trinajstić information content (AvgIpc) is 3.09. The van der Waals surface area contributed by atoms with Gasteiger partial charge in [0.05, 0.1) is 36.4 Å². The lowest BCUT2D eigenvalue weighted by Crippen LogP contribution is -2.30. The van der Waals surface area contributed by atoms with Crippen LogP contribution in [0.3, 0.4) is 0 Å². The summed E-state index contributed by atoms with van der Waals surface area (Å²) in [5.74, 6) is -1.64. The fourth-order valence-electron chi connectivity index (χ4n) is 4.13. The van der Waals surface area contributed by atoms with Gasteiger partial charge in [0.15, 0.2) is 0 Å². The third-order valence-electron chi connectivity index (χ3n) is 5.50. The van der Waals surface area contributed by atoms with E-state index in [1.165, 1.54) is 0 Å². The highest BCUT2D eigenvalue weighted by molar-refractivity contribution is 14.1. The van der Waals surface area contributed by atoms with E-state index < -0.39 is 30.8 Å². The predicted octanol–water partition coefficient (Wildman–Crippen LogP) is 5.39. The first kappa shape index (κ1) is 25.8. The van der Waals surface area contributed by atoms with Gasteiger partial charge in [-0.1, -0.05) is 30.3 Å². The molecule has 188 valence electrons. The molecule has 0 aromatic heterocycles. The molecule has 0 spiro atoms. The SMILES string of the molecule is CCOC(=O)Cc1ccc(N2C(=O)c3c(c(OCC(F)F)c4ccccc4c3OCC)C2=O)c(I)c1. The maximum Gasteiger partial charge on any atom is 0.310 e. The van der Waals surface area contributed by atoms with Crippen LogP contribution in [0.1, 0.15) is 40.1 Å². The van der Waals surface area contributed by atoms with Crippen LogP contribution in [-0.4, -0.2) is 44.0 Å². The zero-order chi connectivity index (χ0) is 26.0. The highest BCUT2D eigenvalue weighted by Crippen LogP contribution is 2.46. The molecule has 0 fully saturated rings. The Balaban J connectivity index is 1.85. The first-order valence-corrected chi connectivity index (χ1v) is 12.3. The number of anilines is 1. The number of imide groups is 1. The zero-order valence-electron chi connectivity index (χ0n) is 19.5. The van der Waals surface area contributed by atoms with Gasteiger partial charge in [0.2, 0.25) is 0 Å². The molecule has 10 heteroatoms. The highest BCUT2D eigenvalue weighted by Gasteiger charge is 2.44. The maximum atomic E-state index is 13.7. The molecule has 36 heavy (non-hydrogen) atoms. The third-order valence-corrected chi connectivity index (χ3v) is 6.37. The molecule has 0 saturated heterocycles. The van der Waals surface area contributed by atoms with Crippen molar-refractivity contribution >= 4 is 56.8 Å². The van der Waals surface area contributed by atoms with Crippen LogP contribution in [0.25, 0.3) is 10.8 Å². The number of hydrogen-bond donors (Lipinski definition) is 0. The van der Waals surface area contributed by atoms with E-state index in [-0.39, 0.29) is 42.3 Å². The standard InChI is InChI=1S/C26H22F2INO6/c1-3-34-20(31)12-14-9-10-18(17(29)11-14)30-25(32)21-22(26(30)33)24(36-13-19(27)28)16-8-6-5-7-15(16)23(21)35-4-2/h5-11,19H,3-4,12-13H2,1-2H3. The van der Waals surface area contributed by atoms with Crippen molar-refractivity contribution in [3.05, 3.63) is 62.7 Å². The van der Waals surface area contributed by atoms with Crippen LogP contribution < -0.4 is 14.4 Å². The number of benzene rings is 3. The van der Waals surface area contributed by atoms with Crippen LogP contribution in [0.4, 0.5) is 14.5 Å². The topological polar surface area (TPSA) is 82.1 Å². The van der Waals surface area contributed by atoms with Gasteiger partial charge in [-0.2, -0.15) is 0 Å². The number of nitrogens with zero attached hydrogens (tertiary/aromatic N) is 1. The van der Waals surface area contributed by atoms with Crippen LogP contribution in [0.15, 0.2) is 42.5 Å². The first-order valence-electron chi connectivity index (χ1n) is 11.2. The van der Waals surface area contributed by atoms with Crippen molar-refractivity contribution in [2.45, 2.75) is 26.7 Å². The molecule has 0 atom stereocenters. The normalized spacial score (nSPS) is 12.9. The number of carbonyl (C=O) groups is 3. The first-order chi connectivity index (χ1) is 17.3. The van der Waals surface area contributed by atoms with Crippen LogP contribution in [0.2, 0.25) is 0 Å². The molecule has 1 aliphatic rings. The molecule has 0 saturated carbocycles. The number of halogens is 3. The third kappa shape index (κ3) is 4.73. The molecule has 0 bridgehead atoms. The number of ether oxygens (including phenoxy) is 3. The van der Waals surface area contributed by atoms with Crippen LogP contribution in [-0.2, 0) is 16.0 Å². The van der Waals surface area contributed by atoms with Crippen LogP contribution >= 0.6 is 22.6 Å². The summed E-state index contributed by atoms with van der Waals surface area (Å²) in [6.45, 7) is 3.00. The van der Waals surface area contributed by atoms with E-state index in [9.17, 15) is 23.2 Å². The Morgan fingerprint density at radius 2 is 1.56 bits per heavy atom. The Bertz CT molecular complexity index is 1360. The largest absolute Gasteiger partial charge is 0.492 e. The van der Waals surface area contributed by atoms with Gasteiger partial charge in [0.25, 0.3) is 18.2 Å². The summed E-state index contributed by atoms with van der Waals surface area (Å²) in [7, 11) is 0. The van der Waals surface area contributed by atoms with Gasteiger partial charge in [-0.15, -0.1) is 0 Å². The Morgan fingerprint density at radius 1 is 0.944 bits per heavy atom. The quantitative estimate of drug-likeness (QED) is 0.184. The van der Waals surface area contributed by atoms with E-state index in [2.05, 4.69) is 0 Å². The minimum atomic E-state index is -2.78. The van der Waals surface area contributed by atoms with Gasteiger partial charge in [0.1, 0.15) is 18.1 Å². The van der Waals surface area contributed by atoms with Crippen molar-refractivity contribution in [3.8, 4) is 11.5 Å². The Labute approximate surface area is 219 Å². The van der Waals surface area contributed by atoms with Crippen molar-refractivity contribution in [2.24, 2.45) is 0 Å². The lowest BCUT2D eigenvalue weighted by molar-refractivity contribution is -0.142. The average molecular weight is 609 g/mol. The van der Waals surface area contributed by atoms with Crippen LogP contribution in [0, 0.1) is 3.57 Å². The van der Waals surface area contributed by atoms with Crippen molar-refractivity contribution in [1.29, 1.82) is 0 Å². The summed E-state index contributed by atoms with van der Waals surface area (Å²) >= 11 is 1.98. The maximum absolute atomic E-state index is 13.7. The van der Waals surface area contributed by atoms with Gasteiger partial charge in [-0.05, 0) is 54.1 Å². The zero-order valence-corrected chi connectivity index (χ0v) is 21.6. The molecule has 4 rings (SSSR count). The molecule has 0 N–H and O–H groups in total. The van der Waals surface area contributed by atoms with Gasteiger partial charge in [0, 0.05) is 14.3 Å². The number of hydrogen-bond acceptors (Lipinski definition) is 6. The second-order valence-electron chi connectivity index (χ2n) is 7.80. The molecule has 0 radical (unpaired) electrons. The summed E-state index contributed by atoms with van der Waals surface area (Å²) < 4.78 is 42.9. The molecule has 3 aromatic rings. The number of rotatable bonds is 9. The fourth-order valence-corrected chi connectivity index (χ4v) is 4.95. The summed E-state index contributed by atoms with van der Waals surface area (Å²) in [5.41, 5.74) is 0.797. The fraction of sp³-hybridized carbons (Fsp3) is 0.269. The van der Waals surface area contributed by atoms with Crippen molar-refractivity contribution in [3.63, 3.8) is 0 Å². The van der Waals surface area contributed by atoms with Gasteiger partial charge in [-0.3, -0.25) is 14.4 Å². The molecular formula is C26H22F2INO6. The van der Waals surface area contributed by atoms with E-state index in [0.717, 1.165) is 4.90 Å². The number of fused-ring (bicyclic) bond motifs is 2. The van der Waals surface area contributed by atoms with Crippen molar-refractivity contribution in [2.75, 3.05) is 24.7 Å². The lowest BCUT2D eigenvalue weighted by Gasteiger charge is -2.17. The summed E-state index contributed by atoms with van der Waals surface area (Å²) in [5, 5.41) is 0.868. The predicted molar refractivity (Wildman–Crippen MR) is 137 cm³/mol. The molecule has 0 unspecified atom stereocenters. The van der Waals surface area contributed by atoms with E-state index in [1.807, 2.05) is 22.6 Å². The highest BCUT2D eigenvalue weighted by atomic mass is 127. The molecule has 2 amide bonds. The Hall–Kier alpha value is -3.28. The molecule has 0 aliphatic carbocycles. The number of esters is 1. The van der Waals surface area contributed by atoms with E-state index in [4.69, 9.17) is 14.2 Å². The molecule has 1 heterocycles. The summed E-state index contributed by atoms with van der Waals surface area (Å²) in [6, 6.07) is 11.6. The Morgan fingerprint density at radius 3 is 2.08 bits per heavy atom. The minimum absolute atomic E-state index is 0.0313. The lowest BCUT2D eigenvalue weighted by atomic mass is 9.99. The van der Waals surface area contributed by atoms with Crippen molar-refractivity contribution in [1.82, 2.24) is 0 Å². The summed E-state index contributed by atoms with van der Waals surface area (Å²) in [6.07, 6.45) is -2.74. The van der Waals surface area contributed by atoms with E-state index in [1.54, 1.807) is 56.3 Å². The summed E-state index contributed by atoms with van der Waals surface area (Å²) in [4.78, 5) is 40.2. The molecule has 7 nitrogen and oxygen atoms in total. The van der Waals surface area contributed by atoms with Gasteiger partial charge < -0.3 is 14.2 Å². The number of carbonyl (C=O) groups excluding carboxylic acids is 3. The second-order valence-corrected chi connectivity index (χ2v) is 8.96. The number of amides is 2. The second kappa shape index (κ2) is 10.8. The van der Waals surface area contributed by atoms with Gasteiger partial charge in [-0.25, -0.2) is 13.7 Å². The van der Waals surface area contributed by atoms with Crippen molar-refractivity contribution < 1.29 is 37.4 Å². The smallest absolute Gasteiger partial charge is 0.310 e. The monoisotopic (exact) mass is 609 g/mol. The number of alkyl halides is 2. The van der Waals surface area contributed by atoms with E-state index >= 15 is 0 Å². The Kier molecular flexibility index (Phi) is 7.72. The molecule has 3 aromatic carbocycles. The molecule has 1 aliphatic heterocycles. The molecular weight excluding hydrogens is 587 g/mol. The minimum Gasteiger partial charge on any atom is -0.492 e. The van der Waals surface area contributed by atoms with E-state index in [0.29, 0.717) is 25.6 Å². The van der Waals surface area contributed by atoms with Gasteiger partial charge >= 0.3 is 5.97 Å².